The topological polar surface area (TPSA) is 42.0 Å². The summed E-state index contributed by atoms with van der Waals surface area (Å²) in [6.07, 6.45) is 5.88. The Balaban J connectivity index is 1.97. The van der Waals surface area contributed by atoms with Crippen molar-refractivity contribution in [2.75, 3.05) is 0 Å². The standard InChI is InChI=1S/C13H16Cl2N2O/c1-8-2-4-10(5-3-8)17-13(18)9-6-11(14)12(15)16-7-9/h6-8,10H,2-5H2,1H3,(H,17,18). The molecule has 0 bridgehead atoms. The van der Waals surface area contributed by atoms with E-state index < -0.39 is 0 Å². The van der Waals surface area contributed by atoms with Gasteiger partial charge in [-0.1, -0.05) is 30.1 Å². The van der Waals surface area contributed by atoms with Gasteiger partial charge < -0.3 is 5.32 Å². The summed E-state index contributed by atoms with van der Waals surface area (Å²) in [6, 6.07) is 1.82. The molecule has 0 aromatic carbocycles. The molecule has 1 aromatic heterocycles. The van der Waals surface area contributed by atoms with E-state index >= 15 is 0 Å². The highest BCUT2D eigenvalue weighted by Crippen LogP contribution is 2.24. The SMILES string of the molecule is CC1CCC(NC(=O)c2cnc(Cl)c(Cl)c2)CC1. The largest absolute Gasteiger partial charge is 0.349 e. The number of nitrogens with zero attached hydrogens (tertiary/aromatic N) is 1. The predicted molar refractivity (Wildman–Crippen MR) is 73.1 cm³/mol. The Bertz CT molecular complexity index is 443. The summed E-state index contributed by atoms with van der Waals surface area (Å²) >= 11 is 11.6. The van der Waals surface area contributed by atoms with Crippen LogP contribution in [0.3, 0.4) is 0 Å². The molecule has 98 valence electrons. The molecule has 18 heavy (non-hydrogen) atoms. The minimum absolute atomic E-state index is 0.124. The zero-order valence-electron chi connectivity index (χ0n) is 10.2. The molecule has 1 aliphatic rings. The van der Waals surface area contributed by atoms with E-state index in [-0.39, 0.29) is 17.1 Å². The van der Waals surface area contributed by atoms with Gasteiger partial charge in [-0.25, -0.2) is 4.98 Å². The molecule has 1 heterocycles. The number of amides is 1. The molecule has 0 radical (unpaired) electrons. The lowest BCUT2D eigenvalue weighted by molar-refractivity contribution is 0.0922. The average molecular weight is 287 g/mol. The fourth-order valence-corrected chi connectivity index (χ4v) is 2.49. The number of carbonyl (C=O) groups is 1. The lowest BCUT2D eigenvalue weighted by Crippen LogP contribution is -2.37. The summed E-state index contributed by atoms with van der Waals surface area (Å²) in [5.74, 6) is 0.644. The Morgan fingerprint density at radius 1 is 1.33 bits per heavy atom. The molecule has 5 heteroatoms. The van der Waals surface area contributed by atoms with Crippen LogP contribution < -0.4 is 5.32 Å². The molecule has 1 aliphatic carbocycles. The number of nitrogens with one attached hydrogen (secondary N) is 1. The third kappa shape index (κ3) is 3.36. The summed E-state index contributed by atoms with van der Waals surface area (Å²) in [6.45, 7) is 2.25. The van der Waals surface area contributed by atoms with Gasteiger partial charge in [-0.2, -0.15) is 0 Å². The van der Waals surface area contributed by atoms with Crippen LogP contribution in [0, 0.1) is 5.92 Å². The van der Waals surface area contributed by atoms with Crippen LogP contribution in [-0.4, -0.2) is 16.9 Å². The Hall–Kier alpha value is -0.800. The first-order valence-electron chi connectivity index (χ1n) is 6.18. The van der Waals surface area contributed by atoms with Crippen LogP contribution in [0.5, 0.6) is 0 Å². The minimum Gasteiger partial charge on any atom is -0.349 e. The number of aromatic nitrogens is 1. The normalized spacial score (nSPS) is 23.7. The molecular formula is C13H16Cl2N2O. The van der Waals surface area contributed by atoms with Crippen molar-refractivity contribution in [2.24, 2.45) is 5.92 Å². The van der Waals surface area contributed by atoms with E-state index in [0.29, 0.717) is 10.6 Å². The van der Waals surface area contributed by atoms with Gasteiger partial charge in [0, 0.05) is 12.2 Å². The highest BCUT2D eigenvalue weighted by molar-refractivity contribution is 6.41. The second-order valence-corrected chi connectivity index (χ2v) is 5.69. The molecule has 1 fully saturated rings. The molecule has 1 N–H and O–H groups in total. The van der Waals surface area contributed by atoms with Gasteiger partial charge in [0.2, 0.25) is 0 Å². The Morgan fingerprint density at radius 2 is 2.00 bits per heavy atom. The number of carbonyl (C=O) groups excluding carboxylic acids is 1. The summed E-state index contributed by atoms with van der Waals surface area (Å²) in [4.78, 5) is 15.9. The second kappa shape index (κ2) is 5.89. The van der Waals surface area contributed by atoms with Crippen molar-refractivity contribution in [1.82, 2.24) is 10.3 Å². The zero-order valence-corrected chi connectivity index (χ0v) is 11.8. The van der Waals surface area contributed by atoms with E-state index in [2.05, 4.69) is 17.2 Å². The highest BCUT2D eigenvalue weighted by atomic mass is 35.5. The number of halogens is 2. The molecule has 1 saturated carbocycles. The van der Waals surface area contributed by atoms with Crippen LogP contribution in [0.15, 0.2) is 12.3 Å². The van der Waals surface area contributed by atoms with E-state index in [1.165, 1.54) is 19.0 Å². The molecule has 0 aliphatic heterocycles. The zero-order chi connectivity index (χ0) is 13.1. The van der Waals surface area contributed by atoms with Crippen molar-refractivity contribution in [3.05, 3.63) is 28.0 Å². The molecule has 0 unspecified atom stereocenters. The molecule has 2 rings (SSSR count). The summed E-state index contributed by atoms with van der Waals surface area (Å²) in [7, 11) is 0. The smallest absolute Gasteiger partial charge is 0.253 e. The van der Waals surface area contributed by atoms with Gasteiger partial charge in [0.05, 0.1) is 10.6 Å². The second-order valence-electron chi connectivity index (χ2n) is 4.93. The third-order valence-electron chi connectivity index (χ3n) is 3.41. The highest BCUT2D eigenvalue weighted by Gasteiger charge is 2.20. The fourth-order valence-electron chi connectivity index (χ4n) is 2.22. The van der Waals surface area contributed by atoms with Crippen LogP contribution >= 0.6 is 23.2 Å². The number of hydrogen-bond donors (Lipinski definition) is 1. The molecule has 0 saturated heterocycles. The van der Waals surface area contributed by atoms with Crippen molar-refractivity contribution >= 4 is 29.1 Å². The van der Waals surface area contributed by atoms with Crippen molar-refractivity contribution < 1.29 is 4.79 Å². The van der Waals surface area contributed by atoms with Crippen LogP contribution in [0.25, 0.3) is 0 Å². The summed E-state index contributed by atoms with van der Waals surface area (Å²) in [5.41, 5.74) is 0.461. The van der Waals surface area contributed by atoms with E-state index in [0.717, 1.165) is 18.8 Å². The lowest BCUT2D eigenvalue weighted by atomic mass is 9.87. The Labute approximate surface area is 117 Å². The number of pyridine rings is 1. The fraction of sp³-hybridized carbons (Fsp3) is 0.538. The number of hydrogen-bond acceptors (Lipinski definition) is 2. The van der Waals surface area contributed by atoms with Gasteiger partial charge in [-0.3, -0.25) is 4.79 Å². The van der Waals surface area contributed by atoms with E-state index in [4.69, 9.17) is 23.2 Å². The lowest BCUT2D eigenvalue weighted by Gasteiger charge is -2.26. The van der Waals surface area contributed by atoms with Gasteiger partial charge >= 0.3 is 0 Å². The van der Waals surface area contributed by atoms with Crippen molar-refractivity contribution in [3.8, 4) is 0 Å². The van der Waals surface area contributed by atoms with Crippen LogP contribution in [0.2, 0.25) is 10.2 Å². The number of rotatable bonds is 2. The van der Waals surface area contributed by atoms with Gasteiger partial charge in [-0.05, 0) is 37.7 Å². The quantitative estimate of drug-likeness (QED) is 0.843. The van der Waals surface area contributed by atoms with Crippen molar-refractivity contribution in [3.63, 3.8) is 0 Å². The van der Waals surface area contributed by atoms with Gasteiger partial charge in [0.1, 0.15) is 5.15 Å². The summed E-state index contributed by atoms with van der Waals surface area (Å²) in [5, 5.41) is 3.55. The minimum atomic E-state index is -0.124. The van der Waals surface area contributed by atoms with Crippen LogP contribution in [-0.2, 0) is 0 Å². The predicted octanol–water partition coefficient (Wildman–Crippen LogP) is 3.70. The van der Waals surface area contributed by atoms with E-state index in [1.807, 2.05) is 0 Å². The maximum absolute atomic E-state index is 12.0. The van der Waals surface area contributed by atoms with Crippen LogP contribution in [0.1, 0.15) is 43.0 Å². The van der Waals surface area contributed by atoms with E-state index in [9.17, 15) is 4.79 Å². The third-order valence-corrected chi connectivity index (χ3v) is 4.10. The molecule has 3 nitrogen and oxygen atoms in total. The average Bonchev–Trinajstić information content (AvgIpc) is 2.35. The Kier molecular flexibility index (Phi) is 4.46. The van der Waals surface area contributed by atoms with E-state index in [1.54, 1.807) is 6.07 Å². The first kappa shape index (κ1) is 13.6. The summed E-state index contributed by atoms with van der Waals surface area (Å²) < 4.78 is 0. The monoisotopic (exact) mass is 286 g/mol. The molecule has 0 atom stereocenters. The van der Waals surface area contributed by atoms with Crippen molar-refractivity contribution in [1.29, 1.82) is 0 Å². The maximum atomic E-state index is 12.0. The molecule has 1 amide bonds. The maximum Gasteiger partial charge on any atom is 0.253 e. The molecular weight excluding hydrogens is 271 g/mol. The first-order valence-corrected chi connectivity index (χ1v) is 6.93. The van der Waals surface area contributed by atoms with Crippen molar-refractivity contribution in [2.45, 2.75) is 38.6 Å². The molecule has 1 aromatic rings. The molecule has 0 spiro atoms. The first-order chi connectivity index (χ1) is 8.56. The van der Waals surface area contributed by atoms with Gasteiger partial charge in [-0.15, -0.1) is 0 Å². The van der Waals surface area contributed by atoms with Gasteiger partial charge in [0.15, 0.2) is 0 Å². The van der Waals surface area contributed by atoms with Gasteiger partial charge in [0.25, 0.3) is 5.91 Å². The van der Waals surface area contributed by atoms with Crippen LogP contribution in [0.4, 0.5) is 0 Å². The Morgan fingerprint density at radius 3 is 2.61 bits per heavy atom.